The van der Waals surface area contributed by atoms with Gasteiger partial charge in [0.05, 0.1) is 42.1 Å². The Balaban J connectivity index is 1.18. The van der Waals surface area contributed by atoms with E-state index in [1.54, 1.807) is 34.8 Å². The van der Waals surface area contributed by atoms with E-state index < -0.39 is 37.6 Å². The molecule has 4 aromatic carbocycles. The Morgan fingerprint density at radius 1 is 1.00 bits per heavy atom. The molecule has 0 saturated carbocycles. The third kappa shape index (κ3) is 4.28. The number of nitrogens with zero attached hydrogens (tertiary/aromatic N) is 3. The molecule has 8 nitrogen and oxygen atoms in total. The molecule has 1 N–H and O–H groups in total. The number of ether oxygens (including phenoxy) is 1. The van der Waals surface area contributed by atoms with E-state index >= 15 is 4.11 Å². The molecule has 5 atom stereocenters. The highest BCUT2D eigenvalue weighted by molar-refractivity contribution is 6.72. The normalized spacial score (nSPS) is 26.2. The maximum Gasteiger partial charge on any atom is 0.264 e. The van der Waals surface area contributed by atoms with Gasteiger partial charge in [0, 0.05) is 41.7 Å². The molecular weight excluding hydrogens is 626 g/mol. The van der Waals surface area contributed by atoms with Gasteiger partial charge in [0.2, 0.25) is 14.3 Å². The number of rotatable bonds is 5. The Labute approximate surface area is 279 Å². The summed E-state index contributed by atoms with van der Waals surface area (Å²) in [5, 5.41) is 12.1. The minimum atomic E-state index is -3.52. The van der Waals surface area contributed by atoms with Gasteiger partial charge < -0.3 is 23.8 Å². The van der Waals surface area contributed by atoms with Crippen molar-refractivity contribution in [2.45, 2.75) is 62.7 Å². The van der Waals surface area contributed by atoms with E-state index in [0.29, 0.717) is 35.5 Å². The molecule has 0 aliphatic carbocycles. The zero-order valence-corrected chi connectivity index (χ0v) is 28.4. The number of aliphatic hydroxyl groups is 1. The van der Waals surface area contributed by atoms with E-state index in [9.17, 15) is 19.5 Å². The number of anilines is 3. The number of likely N-dealkylation sites (N-methyl/N-ethyl adjacent to an activating group) is 1. The molecule has 4 aliphatic rings. The molecule has 4 aromatic rings. The van der Waals surface area contributed by atoms with Crippen molar-refractivity contribution in [1.29, 1.82) is 0 Å². The summed E-state index contributed by atoms with van der Waals surface area (Å²) in [5.74, 6) is -1.28. The zero-order chi connectivity index (χ0) is 33.7. The summed E-state index contributed by atoms with van der Waals surface area (Å²) >= 11 is 0. The Kier molecular flexibility index (Phi) is 6.97. The number of hydrogen-bond acceptors (Lipinski definition) is 5. The lowest BCUT2D eigenvalue weighted by atomic mass is 9.82. The highest BCUT2D eigenvalue weighted by Crippen LogP contribution is 2.60. The van der Waals surface area contributed by atoms with Crippen molar-refractivity contribution in [3.63, 3.8) is 0 Å². The minimum Gasteiger partial charge on any atom is -0.394 e. The minimum absolute atomic E-state index is 0.107. The SMILES string of the molecule is C[C@H]1[C@H]([Si](C)(C)F)[C@@H](CC(=O)N2Cc3ccccc3C[C@H]2CO)O[C@]12C(=O)N(C)c1ccc(N3C(=O)c4cccc5cccc3c45)cc12. The molecule has 4 heterocycles. The van der Waals surface area contributed by atoms with Gasteiger partial charge in [-0.1, -0.05) is 55.5 Å². The van der Waals surface area contributed by atoms with Crippen molar-refractivity contribution in [2.24, 2.45) is 5.92 Å². The van der Waals surface area contributed by atoms with Crippen molar-refractivity contribution in [3.8, 4) is 0 Å². The van der Waals surface area contributed by atoms with Gasteiger partial charge in [-0.25, -0.2) is 0 Å². The molecule has 1 saturated heterocycles. The van der Waals surface area contributed by atoms with Crippen LogP contribution in [0.2, 0.25) is 18.6 Å². The van der Waals surface area contributed by atoms with Crippen molar-refractivity contribution in [2.75, 3.05) is 23.5 Å². The number of halogens is 1. The van der Waals surface area contributed by atoms with Gasteiger partial charge in [-0.15, -0.1) is 0 Å². The van der Waals surface area contributed by atoms with E-state index in [1.165, 1.54) is 0 Å². The summed E-state index contributed by atoms with van der Waals surface area (Å²) < 4.78 is 23.3. The molecule has 1 fully saturated rings. The molecule has 0 radical (unpaired) electrons. The Bertz CT molecular complexity index is 2020. The Morgan fingerprint density at radius 2 is 1.73 bits per heavy atom. The Morgan fingerprint density at radius 3 is 2.46 bits per heavy atom. The van der Waals surface area contributed by atoms with Crippen LogP contribution in [0.4, 0.5) is 21.2 Å². The topological polar surface area (TPSA) is 90.4 Å². The molecule has 10 heteroatoms. The van der Waals surface area contributed by atoms with E-state index in [-0.39, 0.29) is 30.7 Å². The van der Waals surface area contributed by atoms with E-state index in [2.05, 4.69) is 0 Å². The lowest BCUT2D eigenvalue weighted by Crippen LogP contribution is -2.48. The van der Waals surface area contributed by atoms with Crippen molar-refractivity contribution < 1.29 is 28.3 Å². The summed E-state index contributed by atoms with van der Waals surface area (Å²) in [5.41, 5.74) is 3.11. The van der Waals surface area contributed by atoms with Gasteiger partial charge in [-0.3, -0.25) is 19.3 Å². The third-order valence-corrected chi connectivity index (χ3v) is 13.6. The van der Waals surface area contributed by atoms with Gasteiger partial charge in [0.25, 0.3) is 11.8 Å². The summed E-state index contributed by atoms with van der Waals surface area (Å²) in [4.78, 5) is 47.1. The molecular formula is C38H38FN3O5Si. The molecule has 8 rings (SSSR count). The second kappa shape index (κ2) is 10.8. The molecule has 4 aliphatic heterocycles. The van der Waals surface area contributed by atoms with Gasteiger partial charge in [0.1, 0.15) is 0 Å². The van der Waals surface area contributed by atoms with Crippen LogP contribution in [0.15, 0.2) is 78.9 Å². The maximum absolute atomic E-state index is 16.4. The average Bonchev–Trinajstić information content (AvgIpc) is 3.62. The molecule has 3 amide bonds. The standard InChI is InChI=1S/C38H38FN3O5Si/c1-22-35(48(3,4)39)32(19-33(44)41-20-25-10-6-5-9-24(25)17-27(41)21-43)47-38(22)29-18-26(15-16-30(29)40(2)37(38)46)42-31-14-8-12-23-11-7-13-28(34(23)31)36(42)45/h5-16,18,22,27,32,35,43H,17,19-21H2,1-4H3/t22-,27-,32+,35-,38+/m0/s1. The largest absolute Gasteiger partial charge is 0.394 e. The van der Waals surface area contributed by atoms with Crippen LogP contribution >= 0.6 is 0 Å². The monoisotopic (exact) mass is 663 g/mol. The van der Waals surface area contributed by atoms with Gasteiger partial charge >= 0.3 is 0 Å². The number of carbonyl (C=O) groups excluding carboxylic acids is 3. The number of fused-ring (bicyclic) bond motifs is 3. The van der Waals surface area contributed by atoms with Crippen LogP contribution in [-0.2, 0) is 32.9 Å². The quantitative estimate of drug-likeness (QED) is 0.202. The summed E-state index contributed by atoms with van der Waals surface area (Å²) in [6, 6.07) is 24.5. The van der Waals surface area contributed by atoms with Crippen molar-refractivity contribution in [3.05, 3.63) is 101 Å². The smallest absolute Gasteiger partial charge is 0.264 e. The highest BCUT2D eigenvalue weighted by atomic mass is 28.4. The zero-order valence-electron chi connectivity index (χ0n) is 27.4. The lowest BCUT2D eigenvalue weighted by Gasteiger charge is -2.37. The van der Waals surface area contributed by atoms with Crippen LogP contribution in [-0.4, -0.2) is 61.9 Å². The Hall–Kier alpha value is -4.38. The molecule has 0 aromatic heterocycles. The molecule has 246 valence electrons. The van der Waals surface area contributed by atoms with Crippen molar-refractivity contribution >= 4 is 54.0 Å². The van der Waals surface area contributed by atoms with Gasteiger partial charge in [-0.05, 0) is 66.4 Å². The van der Waals surface area contributed by atoms with Crippen LogP contribution in [0, 0.1) is 5.92 Å². The third-order valence-electron chi connectivity index (χ3n) is 11.2. The number of benzene rings is 4. The van der Waals surface area contributed by atoms with Gasteiger partial charge in [0.15, 0.2) is 5.60 Å². The predicted octanol–water partition coefficient (Wildman–Crippen LogP) is 6.22. The second-order valence-electron chi connectivity index (χ2n) is 14.2. The van der Waals surface area contributed by atoms with Crippen LogP contribution < -0.4 is 9.80 Å². The molecule has 0 bridgehead atoms. The van der Waals surface area contributed by atoms with Gasteiger partial charge in [-0.2, -0.15) is 0 Å². The summed E-state index contributed by atoms with van der Waals surface area (Å²) in [6.07, 6.45) is -0.429. The van der Waals surface area contributed by atoms with Crippen molar-refractivity contribution in [1.82, 2.24) is 4.90 Å². The fraction of sp³-hybridized carbons (Fsp3) is 0.342. The van der Waals surface area contributed by atoms with Crippen LogP contribution in [0.3, 0.4) is 0 Å². The number of aliphatic hydroxyl groups excluding tert-OH is 1. The maximum atomic E-state index is 16.4. The fourth-order valence-corrected chi connectivity index (χ4v) is 11.5. The van der Waals surface area contributed by atoms with E-state index in [1.807, 2.05) is 85.8 Å². The highest BCUT2D eigenvalue weighted by Gasteiger charge is 2.66. The summed E-state index contributed by atoms with van der Waals surface area (Å²) in [7, 11) is -1.84. The molecule has 48 heavy (non-hydrogen) atoms. The molecule has 0 unspecified atom stereocenters. The second-order valence-corrected chi connectivity index (χ2v) is 18.0. The van der Waals surface area contributed by atoms with Crippen LogP contribution in [0.25, 0.3) is 10.8 Å². The molecule has 1 spiro atoms. The van der Waals surface area contributed by atoms with Crippen LogP contribution in [0.1, 0.15) is 40.4 Å². The first-order valence-corrected chi connectivity index (χ1v) is 19.5. The fourth-order valence-electron chi connectivity index (χ4n) is 8.98. The first-order chi connectivity index (χ1) is 23.0. The number of amides is 3. The lowest BCUT2D eigenvalue weighted by molar-refractivity contribution is -0.150. The first kappa shape index (κ1) is 30.9. The van der Waals surface area contributed by atoms with E-state index in [0.717, 1.165) is 27.6 Å². The number of carbonyl (C=O) groups is 3. The summed E-state index contributed by atoms with van der Waals surface area (Å²) in [6.45, 7) is 5.25. The van der Waals surface area contributed by atoms with Crippen LogP contribution in [0.5, 0.6) is 0 Å². The van der Waals surface area contributed by atoms with E-state index in [4.69, 9.17) is 4.74 Å². The first-order valence-electron chi connectivity index (χ1n) is 16.6. The predicted molar refractivity (Wildman–Crippen MR) is 185 cm³/mol. The number of hydrogen-bond donors (Lipinski definition) is 1. The average molecular weight is 664 g/mol.